The summed E-state index contributed by atoms with van der Waals surface area (Å²) in [6.07, 6.45) is 19.8. The van der Waals surface area contributed by atoms with Gasteiger partial charge in [0.25, 0.3) is 0 Å². The van der Waals surface area contributed by atoms with Crippen molar-refractivity contribution in [3.05, 3.63) is 12.2 Å². The van der Waals surface area contributed by atoms with Gasteiger partial charge in [-0.05, 0) is 38.5 Å². The van der Waals surface area contributed by atoms with Gasteiger partial charge in [-0.2, -0.15) is 0 Å². The fraction of sp³-hybridized carbons (Fsp3) is 0.864. The number of carbonyl (C=O) groups excluding carboxylic acids is 1. The molecule has 5 nitrogen and oxygen atoms in total. The molecule has 4 N–H and O–H groups in total. The Kier molecular flexibility index (Phi) is 18.9. The van der Waals surface area contributed by atoms with Gasteiger partial charge in [-0.1, -0.05) is 76.9 Å². The van der Waals surface area contributed by atoms with Crippen LogP contribution < -0.4 is 5.73 Å². The van der Waals surface area contributed by atoms with E-state index in [0.717, 1.165) is 19.3 Å². The van der Waals surface area contributed by atoms with Crippen molar-refractivity contribution >= 4 is 6.09 Å². The molecule has 0 aromatic rings. The number of ether oxygens (including phenoxy) is 1. The standard InChI is InChI=1S/C22H43NO4/c1-2-3-4-5-6-7-8-9-10-11-12-13-14-15-16-17-18-21(20(25)19-24)27-22(23)26/h9-10,20-21,24-25H,2-8,11-19H2,1H3,(H2,23,26)/b10-9-. The predicted molar refractivity (Wildman–Crippen MR) is 112 cm³/mol. The highest BCUT2D eigenvalue weighted by Gasteiger charge is 2.21. The summed E-state index contributed by atoms with van der Waals surface area (Å²) in [4.78, 5) is 10.8. The van der Waals surface area contributed by atoms with Crippen LogP contribution in [0.25, 0.3) is 0 Å². The van der Waals surface area contributed by atoms with Gasteiger partial charge in [-0.25, -0.2) is 4.79 Å². The molecule has 0 radical (unpaired) electrons. The molecule has 0 saturated carbocycles. The van der Waals surface area contributed by atoms with Crippen molar-refractivity contribution in [3.63, 3.8) is 0 Å². The smallest absolute Gasteiger partial charge is 0.404 e. The second kappa shape index (κ2) is 19.7. The van der Waals surface area contributed by atoms with Crippen LogP contribution in [0.4, 0.5) is 4.79 Å². The zero-order valence-corrected chi connectivity index (χ0v) is 17.4. The van der Waals surface area contributed by atoms with Crippen LogP contribution in [0, 0.1) is 0 Å². The van der Waals surface area contributed by atoms with Gasteiger partial charge < -0.3 is 20.7 Å². The van der Waals surface area contributed by atoms with E-state index in [-0.39, 0.29) is 0 Å². The minimum absolute atomic E-state index is 0.426. The maximum atomic E-state index is 10.8. The number of carbonyl (C=O) groups is 1. The lowest BCUT2D eigenvalue weighted by Gasteiger charge is -2.20. The number of amides is 1. The van der Waals surface area contributed by atoms with E-state index in [9.17, 15) is 9.90 Å². The fourth-order valence-electron chi connectivity index (χ4n) is 3.19. The molecular formula is C22H43NO4. The van der Waals surface area contributed by atoms with Crippen molar-refractivity contribution < 1.29 is 19.7 Å². The van der Waals surface area contributed by atoms with Crippen molar-refractivity contribution in [2.24, 2.45) is 5.73 Å². The maximum Gasteiger partial charge on any atom is 0.404 e. The highest BCUT2D eigenvalue weighted by atomic mass is 16.6. The van der Waals surface area contributed by atoms with Gasteiger partial charge in [-0.15, -0.1) is 0 Å². The predicted octanol–water partition coefficient (Wildman–Crippen LogP) is 5.23. The van der Waals surface area contributed by atoms with Crippen LogP contribution >= 0.6 is 0 Å². The van der Waals surface area contributed by atoms with Crippen molar-refractivity contribution in [2.45, 2.75) is 115 Å². The molecule has 27 heavy (non-hydrogen) atoms. The molecule has 1 amide bonds. The lowest BCUT2D eigenvalue weighted by Crippen LogP contribution is -2.35. The number of aliphatic hydroxyl groups is 2. The second-order valence-electron chi connectivity index (χ2n) is 7.45. The molecule has 5 heteroatoms. The average Bonchev–Trinajstić information content (AvgIpc) is 2.65. The van der Waals surface area contributed by atoms with Crippen LogP contribution in [0.2, 0.25) is 0 Å². The molecule has 0 fully saturated rings. The van der Waals surface area contributed by atoms with Crippen molar-refractivity contribution in [3.8, 4) is 0 Å². The Bertz CT molecular complexity index is 360. The molecule has 0 bridgehead atoms. The number of primary amides is 1. The number of hydrogen-bond donors (Lipinski definition) is 3. The van der Waals surface area contributed by atoms with Crippen molar-refractivity contribution in [1.82, 2.24) is 0 Å². The molecule has 160 valence electrons. The third kappa shape index (κ3) is 18.1. The summed E-state index contributed by atoms with van der Waals surface area (Å²) in [5, 5.41) is 18.6. The van der Waals surface area contributed by atoms with E-state index in [1.807, 2.05) is 0 Å². The molecule has 2 unspecified atom stereocenters. The third-order valence-corrected chi connectivity index (χ3v) is 4.88. The summed E-state index contributed by atoms with van der Waals surface area (Å²) < 4.78 is 4.85. The molecule has 0 aliphatic heterocycles. The van der Waals surface area contributed by atoms with Gasteiger partial charge >= 0.3 is 6.09 Å². The first kappa shape index (κ1) is 25.9. The molecule has 0 saturated heterocycles. The van der Waals surface area contributed by atoms with E-state index in [2.05, 4.69) is 19.1 Å². The molecule has 0 aliphatic rings. The number of rotatable bonds is 19. The minimum Gasteiger partial charge on any atom is -0.444 e. The van der Waals surface area contributed by atoms with Gasteiger partial charge in [0.2, 0.25) is 0 Å². The maximum absolute atomic E-state index is 10.8. The Labute approximate surface area is 166 Å². The first-order chi connectivity index (χ1) is 13.1. The second-order valence-corrected chi connectivity index (χ2v) is 7.45. The van der Waals surface area contributed by atoms with Crippen LogP contribution in [-0.2, 0) is 4.74 Å². The van der Waals surface area contributed by atoms with Crippen LogP contribution in [0.1, 0.15) is 103 Å². The monoisotopic (exact) mass is 385 g/mol. The van der Waals surface area contributed by atoms with Crippen LogP contribution in [-0.4, -0.2) is 35.1 Å². The molecule has 0 aliphatic carbocycles. The Hall–Kier alpha value is -1.07. The summed E-state index contributed by atoms with van der Waals surface area (Å²) in [7, 11) is 0. The first-order valence-electron chi connectivity index (χ1n) is 11.0. The largest absolute Gasteiger partial charge is 0.444 e. The van der Waals surface area contributed by atoms with E-state index in [1.165, 1.54) is 70.6 Å². The van der Waals surface area contributed by atoms with E-state index < -0.39 is 24.9 Å². The Balaban J connectivity index is 3.43. The van der Waals surface area contributed by atoms with Crippen LogP contribution in [0.3, 0.4) is 0 Å². The van der Waals surface area contributed by atoms with Gasteiger partial charge in [-0.3, -0.25) is 0 Å². The summed E-state index contributed by atoms with van der Waals surface area (Å²) in [5.41, 5.74) is 4.99. The summed E-state index contributed by atoms with van der Waals surface area (Å²) in [6, 6.07) is 0. The SMILES string of the molecule is CCCCCCCC/C=C\CCCCCCCCC(OC(N)=O)C(O)CO. The zero-order chi connectivity index (χ0) is 20.2. The average molecular weight is 386 g/mol. The van der Waals surface area contributed by atoms with E-state index in [1.54, 1.807) is 0 Å². The molecule has 2 atom stereocenters. The highest BCUT2D eigenvalue weighted by Crippen LogP contribution is 2.14. The Morgan fingerprint density at radius 2 is 1.37 bits per heavy atom. The number of allylic oxidation sites excluding steroid dienone is 2. The topological polar surface area (TPSA) is 92.8 Å². The number of unbranched alkanes of at least 4 members (excludes halogenated alkanes) is 12. The lowest BCUT2D eigenvalue weighted by atomic mass is 10.0. The quantitative estimate of drug-likeness (QED) is 0.210. The number of nitrogens with two attached hydrogens (primary N) is 1. The van der Waals surface area contributed by atoms with Crippen molar-refractivity contribution in [1.29, 1.82) is 0 Å². The zero-order valence-electron chi connectivity index (χ0n) is 17.4. The molecule has 0 aromatic heterocycles. The van der Waals surface area contributed by atoms with E-state index in [0.29, 0.717) is 6.42 Å². The Morgan fingerprint density at radius 1 is 0.889 bits per heavy atom. The molecule has 0 heterocycles. The molecular weight excluding hydrogens is 342 g/mol. The van der Waals surface area contributed by atoms with Crippen LogP contribution in [0.15, 0.2) is 12.2 Å². The third-order valence-electron chi connectivity index (χ3n) is 4.88. The lowest BCUT2D eigenvalue weighted by molar-refractivity contribution is -0.0258. The van der Waals surface area contributed by atoms with Gasteiger partial charge in [0.15, 0.2) is 0 Å². The molecule has 0 rings (SSSR count). The summed E-state index contributed by atoms with van der Waals surface area (Å²) in [6.45, 7) is 1.83. The van der Waals surface area contributed by atoms with Gasteiger partial charge in [0.1, 0.15) is 12.2 Å². The van der Waals surface area contributed by atoms with Gasteiger partial charge in [0.05, 0.1) is 6.61 Å². The summed E-state index contributed by atoms with van der Waals surface area (Å²) in [5.74, 6) is 0. The number of hydrogen-bond acceptors (Lipinski definition) is 4. The van der Waals surface area contributed by atoms with Crippen LogP contribution in [0.5, 0.6) is 0 Å². The molecule has 0 aromatic carbocycles. The van der Waals surface area contributed by atoms with E-state index >= 15 is 0 Å². The first-order valence-corrected chi connectivity index (χ1v) is 11.0. The normalized spacial score (nSPS) is 13.7. The van der Waals surface area contributed by atoms with Gasteiger partial charge in [0, 0.05) is 0 Å². The minimum atomic E-state index is -1.05. The highest BCUT2D eigenvalue weighted by molar-refractivity contribution is 5.64. The summed E-state index contributed by atoms with van der Waals surface area (Å²) >= 11 is 0. The van der Waals surface area contributed by atoms with Crippen molar-refractivity contribution in [2.75, 3.05) is 6.61 Å². The Morgan fingerprint density at radius 3 is 1.85 bits per heavy atom. The fourth-order valence-corrected chi connectivity index (χ4v) is 3.19. The molecule has 0 spiro atoms. The van der Waals surface area contributed by atoms with E-state index in [4.69, 9.17) is 15.6 Å². The number of aliphatic hydroxyl groups excluding tert-OH is 2.